The van der Waals surface area contributed by atoms with E-state index in [1.807, 2.05) is 25.1 Å². The molecule has 4 rings (SSSR count). The summed E-state index contributed by atoms with van der Waals surface area (Å²) in [5.74, 6) is -0.208. The van der Waals surface area contributed by atoms with Gasteiger partial charge in [0.15, 0.2) is 0 Å². The number of amides is 1. The van der Waals surface area contributed by atoms with Crippen molar-refractivity contribution in [2.75, 3.05) is 5.32 Å². The summed E-state index contributed by atoms with van der Waals surface area (Å²) in [6.07, 6.45) is 1.46. The Bertz CT molecular complexity index is 1320. The molecule has 0 aliphatic carbocycles. The monoisotopic (exact) mass is 486 g/mol. The van der Waals surface area contributed by atoms with Crippen LogP contribution in [0.2, 0.25) is 5.02 Å². The van der Waals surface area contributed by atoms with Crippen LogP contribution in [0.4, 0.5) is 5.69 Å². The zero-order valence-corrected chi connectivity index (χ0v) is 18.2. The molecular weight excluding hydrogens is 472 g/mol. The number of nitrogens with zero attached hydrogens (tertiary/aromatic N) is 3. The van der Waals surface area contributed by atoms with Crippen LogP contribution in [0.1, 0.15) is 12.0 Å². The van der Waals surface area contributed by atoms with E-state index in [1.54, 1.807) is 24.3 Å². The van der Waals surface area contributed by atoms with Gasteiger partial charge < -0.3 is 9.84 Å². The van der Waals surface area contributed by atoms with Gasteiger partial charge in [-0.05, 0) is 36.8 Å². The first-order chi connectivity index (χ1) is 14.4. The third-order valence-electron chi connectivity index (χ3n) is 4.61. The Kier molecular flexibility index (Phi) is 5.69. The van der Waals surface area contributed by atoms with Gasteiger partial charge in [-0.2, -0.15) is 0 Å². The molecule has 1 amide bonds. The van der Waals surface area contributed by atoms with Crippen molar-refractivity contribution in [2.24, 2.45) is 0 Å². The van der Waals surface area contributed by atoms with Crippen LogP contribution in [0.5, 0.6) is 0 Å². The van der Waals surface area contributed by atoms with Crippen molar-refractivity contribution >= 4 is 50.2 Å². The first-order valence-corrected chi connectivity index (χ1v) is 10.3. The number of halogens is 2. The van der Waals surface area contributed by atoms with Gasteiger partial charge in [0.2, 0.25) is 5.91 Å². The van der Waals surface area contributed by atoms with Gasteiger partial charge in [-0.1, -0.05) is 50.9 Å². The van der Waals surface area contributed by atoms with E-state index in [0.29, 0.717) is 22.0 Å². The summed E-state index contributed by atoms with van der Waals surface area (Å²) in [5, 5.41) is 7.49. The Balaban J connectivity index is 1.56. The summed E-state index contributed by atoms with van der Waals surface area (Å²) in [6.45, 7) is 2.10. The Morgan fingerprint density at radius 2 is 2.07 bits per heavy atom. The van der Waals surface area contributed by atoms with Crippen molar-refractivity contribution in [1.82, 2.24) is 14.7 Å². The molecule has 7 nitrogen and oxygen atoms in total. The molecule has 4 aromatic rings. The molecule has 0 aliphatic rings. The highest BCUT2D eigenvalue weighted by molar-refractivity contribution is 9.10. The van der Waals surface area contributed by atoms with Gasteiger partial charge >= 0.3 is 0 Å². The number of anilines is 1. The quantitative estimate of drug-likeness (QED) is 0.436. The lowest BCUT2D eigenvalue weighted by Crippen LogP contribution is -2.23. The third kappa shape index (κ3) is 4.01. The first-order valence-electron chi connectivity index (χ1n) is 9.10. The number of nitrogens with one attached hydrogen (secondary N) is 1. The second-order valence-electron chi connectivity index (χ2n) is 6.70. The number of hydrogen-bond acceptors (Lipinski definition) is 5. The fourth-order valence-corrected chi connectivity index (χ4v) is 3.52. The van der Waals surface area contributed by atoms with Gasteiger partial charge in [-0.25, -0.2) is 4.98 Å². The number of carbonyl (C=O) groups excluding carboxylic acids is 1. The zero-order valence-electron chi connectivity index (χ0n) is 15.9. The summed E-state index contributed by atoms with van der Waals surface area (Å²) in [7, 11) is 0. The van der Waals surface area contributed by atoms with Crippen LogP contribution in [-0.4, -0.2) is 20.6 Å². The Labute approximate surface area is 184 Å². The Morgan fingerprint density at radius 3 is 2.83 bits per heavy atom. The van der Waals surface area contributed by atoms with Crippen LogP contribution in [0.25, 0.3) is 22.4 Å². The van der Waals surface area contributed by atoms with Crippen LogP contribution in [0.15, 0.2) is 62.6 Å². The molecule has 0 unspecified atom stereocenters. The van der Waals surface area contributed by atoms with Crippen LogP contribution in [0, 0.1) is 6.92 Å². The van der Waals surface area contributed by atoms with Gasteiger partial charge in [0.1, 0.15) is 17.4 Å². The third-order valence-corrected chi connectivity index (χ3v) is 5.83. The minimum Gasteiger partial charge on any atom is -0.335 e. The number of aromatic nitrogens is 3. The number of rotatable bonds is 5. The number of aryl methyl sites for hydroxylation is 2. The van der Waals surface area contributed by atoms with E-state index in [4.69, 9.17) is 16.1 Å². The van der Waals surface area contributed by atoms with Crippen LogP contribution >= 0.6 is 27.5 Å². The largest absolute Gasteiger partial charge is 0.335 e. The average molecular weight is 488 g/mol. The normalized spacial score (nSPS) is 11.0. The van der Waals surface area contributed by atoms with E-state index in [1.165, 1.54) is 10.9 Å². The van der Waals surface area contributed by atoms with Gasteiger partial charge in [0, 0.05) is 28.7 Å². The highest BCUT2D eigenvalue weighted by atomic mass is 79.9. The molecule has 2 aromatic heterocycles. The summed E-state index contributed by atoms with van der Waals surface area (Å²) in [6, 6.07) is 12.6. The fourth-order valence-electron chi connectivity index (χ4n) is 3.04. The summed E-state index contributed by atoms with van der Waals surface area (Å²) < 4.78 is 7.54. The number of carbonyl (C=O) groups is 1. The summed E-state index contributed by atoms with van der Waals surface area (Å²) in [5.41, 5.74) is 2.40. The van der Waals surface area contributed by atoms with Crippen LogP contribution in [0.3, 0.4) is 0 Å². The van der Waals surface area contributed by atoms with Gasteiger partial charge in [-0.15, -0.1) is 0 Å². The van der Waals surface area contributed by atoms with Gasteiger partial charge in [-0.3, -0.25) is 14.2 Å². The Hall–Kier alpha value is -2.97. The predicted octanol–water partition coefficient (Wildman–Crippen LogP) is 4.80. The highest BCUT2D eigenvalue weighted by Crippen LogP contribution is 2.30. The predicted molar refractivity (Wildman–Crippen MR) is 119 cm³/mol. The molecule has 9 heteroatoms. The van der Waals surface area contributed by atoms with Crippen molar-refractivity contribution in [1.29, 1.82) is 0 Å². The highest BCUT2D eigenvalue weighted by Gasteiger charge is 2.19. The standard InChI is InChI=1S/C21H16BrClN4O3/c1-12-10-13(6-7-15(12)22)25-17(28)8-9-27-11-24-20-18(21(27)29)19(26-30-20)14-4-2-3-5-16(14)23/h2-7,10-11H,8-9H2,1H3,(H,25,28). The molecule has 0 saturated heterocycles. The molecule has 30 heavy (non-hydrogen) atoms. The van der Waals surface area contributed by atoms with E-state index < -0.39 is 0 Å². The molecule has 0 bridgehead atoms. The molecule has 152 valence electrons. The molecule has 0 aliphatic heterocycles. The minimum atomic E-state index is -0.344. The lowest BCUT2D eigenvalue weighted by Gasteiger charge is -2.08. The maximum atomic E-state index is 13.0. The summed E-state index contributed by atoms with van der Waals surface area (Å²) in [4.78, 5) is 29.5. The molecule has 2 heterocycles. The first kappa shape index (κ1) is 20.3. The van der Waals surface area contributed by atoms with E-state index in [0.717, 1.165) is 10.0 Å². The Morgan fingerprint density at radius 1 is 1.27 bits per heavy atom. The minimum absolute atomic E-state index is 0.106. The molecule has 0 saturated carbocycles. The number of fused-ring (bicyclic) bond motifs is 1. The SMILES string of the molecule is Cc1cc(NC(=O)CCn2cnc3onc(-c4ccccc4Cl)c3c2=O)ccc1Br. The van der Waals surface area contributed by atoms with Crippen molar-refractivity contribution < 1.29 is 9.32 Å². The van der Waals surface area contributed by atoms with Crippen molar-refractivity contribution in [3.63, 3.8) is 0 Å². The lowest BCUT2D eigenvalue weighted by molar-refractivity contribution is -0.116. The van der Waals surface area contributed by atoms with E-state index in [-0.39, 0.29) is 35.5 Å². The zero-order chi connectivity index (χ0) is 21.3. The van der Waals surface area contributed by atoms with Gasteiger partial charge in [0.25, 0.3) is 11.3 Å². The van der Waals surface area contributed by atoms with Crippen molar-refractivity contribution in [3.8, 4) is 11.3 Å². The molecule has 0 radical (unpaired) electrons. The second-order valence-corrected chi connectivity index (χ2v) is 7.96. The second kappa shape index (κ2) is 8.41. The number of hydrogen-bond donors (Lipinski definition) is 1. The topological polar surface area (TPSA) is 90.0 Å². The molecule has 2 aromatic carbocycles. The molecular formula is C21H16BrClN4O3. The van der Waals surface area contributed by atoms with E-state index in [9.17, 15) is 9.59 Å². The average Bonchev–Trinajstić information content (AvgIpc) is 3.15. The summed E-state index contributed by atoms with van der Waals surface area (Å²) >= 11 is 9.67. The smallest absolute Gasteiger partial charge is 0.266 e. The number of benzene rings is 2. The molecule has 0 spiro atoms. The molecule has 0 fully saturated rings. The van der Waals surface area contributed by atoms with Crippen molar-refractivity contribution in [2.45, 2.75) is 19.9 Å². The lowest BCUT2D eigenvalue weighted by atomic mass is 10.1. The van der Waals surface area contributed by atoms with Crippen LogP contribution < -0.4 is 10.9 Å². The molecule has 0 atom stereocenters. The van der Waals surface area contributed by atoms with E-state index >= 15 is 0 Å². The van der Waals surface area contributed by atoms with Gasteiger partial charge in [0.05, 0.1) is 5.02 Å². The molecule has 1 N–H and O–H groups in total. The maximum absolute atomic E-state index is 13.0. The fraction of sp³-hybridized carbons (Fsp3) is 0.143. The maximum Gasteiger partial charge on any atom is 0.266 e. The van der Waals surface area contributed by atoms with E-state index in [2.05, 4.69) is 31.4 Å². The van der Waals surface area contributed by atoms with Crippen LogP contribution in [-0.2, 0) is 11.3 Å². The van der Waals surface area contributed by atoms with Crippen molar-refractivity contribution in [3.05, 3.63) is 74.2 Å².